The SMILES string of the molecule is CC(C)C(C)(CC(N)=O)C(C)C. The summed E-state index contributed by atoms with van der Waals surface area (Å²) < 4.78 is 0. The Kier molecular flexibility index (Phi) is 3.75. The first kappa shape index (κ1) is 11.5. The van der Waals surface area contributed by atoms with Gasteiger partial charge in [-0.2, -0.15) is 0 Å². The molecular weight excluding hydrogens is 150 g/mol. The Balaban J connectivity index is 4.51. The molecule has 2 heteroatoms. The minimum atomic E-state index is -0.195. The average molecular weight is 171 g/mol. The molecule has 0 rings (SSSR count). The Bertz CT molecular complexity index is 153. The highest BCUT2D eigenvalue weighted by Gasteiger charge is 2.33. The van der Waals surface area contributed by atoms with Gasteiger partial charge in [0.15, 0.2) is 0 Å². The van der Waals surface area contributed by atoms with Crippen molar-refractivity contribution in [1.82, 2.24) is 0 Å². The van der Waals surface area contributed by atoms with Gasteiger partial charge >= 0.3 is 0 Å². The Morgan fingerprint density at radius 2 is 1.58 bits per heavy atom. The van der Waals surface area contributed by atoms with E-state index in [2.05, 4.69) is 34.6 Å². The molecule has 0 aromatic carbocycles. The van der Waals surface area contributed by atoms with Crippen LogP contribution in [0.5, 0.6) is 0 Å². The molecule has 0 aliphatic rings. The molecule has 0 aliphatic heterocycles. The number of primary amides is 1. The topological polar surface area (TPSA) is 43.1 Å². The number of hydrogen-bond donors (Lipinski definition) is 1. The molecule has 2 N–H and O–H groups in total. The smallest absolute Gasteiger partial charge is 0.217 e. The maximum Gasteiger partial charge on any atom is 0.217 e. The van der Waals surface area contributed by atoms with E-state index in [-0.39, 0.29) is 11.3 Å². The zero-order chi connectivity index (χ0) is 9.94. The van der Waals surface area contributed by atoms with Gasteiger partial charge < -0.3 is 5.73 Å². The van der Waals surface area contributed by atoms with Crippen LogP contribution in [0.15, 0.2) is 0 Å². The molecular formula is C10H21NO. The van der Waals surface area contributed by atoms with Crippen LogP contribution in [-0.2, 0) is 4.79 Å². The molecule has 72 valence electrons. The standard InChI is InChI=1S/C10H21NO/c1-7(2)10(5,8(3)4)6-9(11)12/h7-8H,6H2,1-5H3,(H2,11,12). The zero-order valence-corrected chi connectivity index (χ0v) is 8.85. The second-order valence-corrected chi connectivity index (χ2v) is 4.46. The van der Waals surface area contributed by atoms with Crippen molar-refractivity contribution < 1.29 is 4.79 Å². The predicted molar refractivity (Wildman–Crippen MR) is 51.6 cm³/mol. The largest absolute Gasteiger partial charge is 0.370 e. The molecule has 0 aliphatic carbocycles. The Morgan fingerprint density at radius 1 is 1.25 bits per heavy atom. The van der Waals surface area contributed by atoms with Crippen LogP contribution in [0.1, 0.15) is 41.0 Å². The highest BCUT2D eigenvalue weighted by molar-refractivity contribution is 5.74. The summed E-state index contributed by atoms with van der Waals surface area (Å²) in [6.07, 6.45) is 0.488. The van der Waals surface area contributed by atoms with Crippen molar-refractivity contribution in [2.75, 3.05) is 0 Å². The highest BCUT2D eigenvalue weighted by atomic mass is 16.1. The van der Waals surface area contributed by atoms with E-state index in [0.717, 1.165) is 0 Å². The van der Waals surface area contributed by atoms with Crippen molar-refractivity contribution in [3.8, 4) is 0 Å². The van der Waals surface area contributed by atoms with Gasteiger partial charge in [0, 0.05) is 6.42 Å². The van der Waals surface area contributed by atoms with Crippen molar-refractivity contribution in [2.45, 2.75) is 41.0 Å². The second-order valence-electron chi connectivity index (χ2n) is 4.46. The van der Waals surface area contributed by atoms with Crippen molar-refractivity contribution in [2.24, 2.45) is 23.0 Å². The fourth-order valence-corrected chi connectivity index (χ4v) is 1.45. The molecule has 0 atom stereocenters. The molecule has 0 saturated carbocycles. The van der Waals surface area contributed by atoms with Crippen LogP contribution in [0.25, 0.3) is 0 Å². The molecule has 0 bridgehead atoms. The van der Waals surface area contributed by atoms with Crippen LogP contribution < -0.4 is 5.73 Å². The summed E-state index contributed by atoms with van der Waals surface area (Å²) in [7, 11) is 0. The minimum absolute atomic E-state index is 0.0475. The van der Waals surface area contributed by atoms with Gasteiger partial charge in [-0.25, -0.2) is 0 Å². The summed E-state index contributed by atoms with van der Waals surface area (Å²) in [4.78, 5) is 10.8. The van der Waals surface area contributed by atoms with Crippen LogP contribution in [0.4, 0.5) is 0 Å². The van der Waals surface area contributed by atoms with Crippen LogP contribution in [0.3, 0.4) is 0 Å². The van der Waals surface area contributed by atoms with Crippen LogP contribution in [-0.4, -0.2) is 5.91 Å². The lowest BCUT2D eigenvalue weighted by atomic mass is 9.68. The lowest BCUT2D eigenvalue weighted by molar-refractivity contribution is -0.121. The Hall–Kier alpha value is -0.530. The summed E-state index contributed by atoms with van der Waals surface area (Å²) >= 11 is 0. The summed E-state index contributed by atoms with van der Waals surface area (Å²) in [6, 6.07) is 0. The van der Waals surface area contributed by atoms with Gasteiger partial charge in [0.1, 0.15) is 0 Å². The number of carbonyl (C=O) groups excluding carboxylic acids is 1. The zero-order valence-electron chi connectivity index (χ0n) is 8.85. The summed E-state index contributed by atoms with van der Waals surface area (Å²) in [6.45, 7) is 10.7. The average Bonchev–Trinajstić information content (AvgIpc) is 1.84. The molecule has 2 nitrogen and oxygen atoms in total. The second kappa shape index (κ2) is 3.92. The molecule has 0 fully saturated rings. The molecule has 0 saturated heterocycles. The first-order chi connectivity index (χ1) is 5.30. The van der Waals surface area contributed by atoms with E-state index in [0.29, 0.717) is 18.3 Å². The third-order valence-electron chi connectivity index (χ3n) is 3.19. The summed E-state index contributed by atoms with van der Waals surface area (Å²) in [5.41, 5.74) is 5.26. The number of nitrogens with two attached hydrogens (primary N) is 1. The van der Waals surface area contributed by atoms with Crippen molar-refractivity contribution in [3.63, 3.8) is 0 Å². The van der Waals surface area contributed by atoms with Gasteiger partial charge in [0.25, 0.3) is 0 Å². The quantitative estimate of drug-likeness (QED) is 0.692. The third kappa shape index (κ3) is 2.50. The molecule has 12 heavy (non-hydrogen) atoms. The molecule has 1 amide bonds. The molecule has 0 unspecified atom stereocenters. The molecule has 0 heterocycles. The number of rotatable bonds is 4. The van der Waals surface area contributed by atoms with Crippen molar-refractivity contribution >= 4 is 5.91 Å². The van der Waals surface area contributed by atoms with Gasteiger partial charge in [0.2, 0.25) is 5.91 Å². The van der Waals surface area contributed by atoms with E-state index in [4.69, 9.17) is 5.73 Å². The first-order valence-corrected chi connectivity index (χ1v) is 4.59. The van der Waals surface area contributed by atoms with Crippen LogP contribution in [0, 0.1) is 17.3 Å². The Labute approximate surface area is 75.5 Å². The van der Waals surface area contributed by atoms with Gasteiger partial charge in [-0.3, -0.25) is 4.79 Å². The van der Waals surface area contributed by atoms with Crippen LogP contribution >= 0.6 is 0 Å². The summed E-state index contributed by atoms with van der Waals surface area (Å²) in [5, 5.41) is 0. The fraction of sp³-hybridized carbons (Fsp3) is 0.900. The van der Waals surface area contributed by atoms with Crippen LogP contribution in [0.2, 0.25) is 0 Å². The van der Waals surface area contributed by atoms with E-state index in [9.17, 15) is 4.79 Å². The third-order valence-corrected chi connectivity index (χ3v) is 3.19. The monoisotopic (exact) mass is 171 g/mol. The minimum Gasteiger partial charge on any atom is -0.370 e. The lowest BCUT2D eigenvalue weighted by Crippen LogP contribution is -2.34. The fourth-order valence-electron chi connectivity index (χ4n) is 1.45. The highest BCUT2D eigenvalue weighted by Crippen LogP contribution is 2.38. The normalized spacial score (nSPS) is 12.6. The van der Waals surface area contributed by atoms with E-state index in [1.54, 1.807) is 0 Å². The molecule has 0 aromatic rings. The number of hydrogen-bond acceptors (Lipinski definition) is 1. The maximum atomic E-state index is 10.8. The van der Waals surface area contributed by atoms with E-state index in [1.165, 1.54) is 0 Å². The summed E-state index contributed by atoms with van der Waals surface area (Å²) in [5.74, 6) is 0.787. The molecule has 0 aromatic heterocycles. The van der Waals surface area contributed by atoms with Crippen molar-refractivity contribution in [1.29, 1.82) is 0 Å². The maximum absolute atomic E-state index is 10.8. The lowest BCUT2D eigenvalue weighted by Gasteiger charge is -2.36. The van der Waals surface area contributed by atoms with E-state index < -0.39 is 0 Å². The van der Waals surface area contributed by atoms with E-state index in [1.807, 2.05) is 0 Å². The van der Waals surface area contributed by atoms with Gasteiger partial charge in [-0.1, -0.05) is 34.6 Å². The van der Waals surface area contributed by atoms with Gasteiger partial charge in [0.05, 0.1) is 0 Å². The molecule has 0 radical (unpaired) electrons. The first-order valence-electron chi connectivity index (χ1n) is 4.59. The Morgan fingerprint density at radius 3 is 1.67 bits per heavy atom. The van der Waals surface area contributed by atoms with Crippen molar-refractivity contribution in [3.05, 3.63) is 0 Å². The van der Waals surface area contributed by atoms with Gasteiger partial charge in [-0.15, -0.1) is 0 Å². The predicted octanol–water partition coefficient (Wildman–Crippen LogP) is 2.18. The van der Waals surface area contributed by atoms with Gasteiger partial charge in [-0.05, 0) is 17.3 Å². The number of carbonyl (C=O) groups is 1. The van der Waals surface area contributed by atoms with E-state index >= 15 is 0 Å². The number of amides is 1. The molecule has 0 spiro atoms.